The van der Waals surface area contributed by atoms with E-state index in [1.807, 2.05) is 12.2 Å². The molecular weight excluding hydrogens is 168 g/mol. The van der Waals surface area contributed by atoms with Crippen molar-refractivity contribution in [2.45, 2.75) is 18.1 Å². The van der Waals surface area contributed by atoms with Gasteiger partial charge in [0.1, 0.15) is 4.75 Å². The van der Waals surface area contributed by atoms with Crippen LogP contribution in [0.3, 0.4) is 0 Å². The minimum atomic E-state index is -0.522. The number of carbonyl (C=O) groups is 1. The zero-order valence-electron chi connectivity index (χ0n) is 6.96. The first kappa shape index (κ1) is 9.15. The zero-order valence-corrected chi connectivity index (χ0v) is 7.78. The van der Waals surface area contributed by atoms with Gasteiger partial charge < -0.3 is 0 Å². The molecule has 1 unspecified atom stereocenters. The van der Waals surface area contributed by atoms with Crippen molar-refractivity contribution in [1.29, 1.82) is 0 Å². The third-order valence-electron chi connectivity index (χ3n) is 1.81. The van der Waals surface area contributed by atoms with Crippen LogP contribution in [0, 0.1) is 12.3 Å². The van der Waals surface area contributed by atoms with Crippen LogP contribution in [0.4, 0.5) is 0 Å². The number of carbonyl (C=O) groups excluding carboxylic acids is 1. The van der Waals surface area contributed by atoms with Crippen LogP contribution in [0.1, 0.15) is 13.3 Å². The van der Waals surface area contributed by atoms with Crippen LogP contribution in [-0.4, -0.2) is 10.5 Å². The van der Waals surface area contributed by atoms with E-state index in [-0.39, 0.29) is 5.78 Å². The Morgan fingerprint density at radius 2 is 2.58 bits per heavy atom. The summed E-state index contributed by atoms with van der Waals surface area (Å²) in [4.78, 5) is 12.2. The summed E-state index contributed by atoms with van der Waals surface area (Å²) in [5.41, 5.74) is 0. The fourth-order valence-corrected chi connectivity index (χ4v) is 2.13. The topological polar surface area (TPSA) is 17.1 Å². The van der Waals surface area contributed by atoms with Gasteiger partial charge in [-0.3, -0.25) is 4.79 Å². The molecule has 0 fully saturated rings. The highest BCUT2D eigenvalue weighted by Gasteiger charge is 2.36. The van der Waals surface area contributed by atoms with E-state index in [1.165, 1.54) is 11.8 Å². The second-order valence-electron chi connectivity index (χ2n) is 2.73. The van der Waals surface area contributed by atoms with Crippen LogP contribution in [0.15, 0.2) is 23.6 Å². The van der Waals surface area contributed by atoms with Crippen molar-refractivity contribution >= 4 is 17.5 Å². The first-order valence-corrected chi connectivity index (χ1v) is 4.44. The van der Waals surface area contributed by atoms with E-state index in [0.717, 1.165) is 4.91 Å². The number of Topliss-reactive ketones (excluding diaryl/α,β-unsaturated/α-hetero) is 1. The molecule has 0 aliphatic carbocycles. The van der Waals surface area contributed by atoms with Gasteiger partial charge in [0, 0.05) is 11.3 Å². The Balaban J connectivity index is 2.92. The predicted octanol–water partition coefficient (Wildman–Crippen LogP) is 2.15. The van der Waals surface area contributed by atoms with Gasteiger partial charge in [0.25, 0.3) is 0 Å². The molecule has 1 atom stereocenters. The molecule has 1 nitrogen and oxygen atoms in total. The molecule has 0 amide bonds. The average Bonchev–Trinajstić information content (AvgIpc) is 2.34. The normalized spacial score (nSPS) is 27.2. The highest BCUT2D eigenvalue weighted by Crippen LogP contribution is 2.42. The van der Waals surface area contributed by atoms with Gasteiger partial charge >= 0.3 is 0 Å². The van der Waals surface area contributed by atoms with Crippen LogP contribution >= 0.6 is 11.8 Å². The minimum absolute atomic E-state index is 0.0975. The quantitative estimate of drug-likeness (QED) is 0.603. The largest absolute Gasteiger partial charge is 0.298 e. The highest BCUT2D eigenvalue weighted by molar-refractivity contribution is 8.05. The molecule has 12 heavy (non-hydrogen) atoms. The second-order valence-corrected chi connectivity index (χ2v) is 4.19. The predicted molar refractivity (Wildman–Crippen MR) is 52.7 cm³/mol. The SMILES string of the molecule is C#CCC1(C(C)=O)C=CC(=C)S1. The summed E-state index contributed by atoms with van der Waals surface area (Å²) in [7, 11) is 0. The van der Waals surface area contributed by atoms with Gasteiger partial charge in [-0.2, -0.15) is 0 Å². The summed E-state index contributed by atoms with van der Waals surface area (Å²) >= 11 is 1.45. The third-order valence-corrected chi connectivity index (χ3v) is 3.14. The fraction of sp³-hybridized carbons (Fsp3) is 0.300. The first-order valence-electron chi connectivity index (χ1n) is 3.62. The molecule has 0 radical (unpaired) electrons. The van der Waals surface area contributed by atoms with Crippen molar-refractivity contribution in [1.82, 2.24) is 0 Å². The van der Waals surface area contributed by atoms with Crippen molar-refractivity contribution in [2.75, 3.05) is 0 Å². The monoisotopic (exact) mass is 178 g/mol. The van der Waals surface area contributed by atoms with Crippen molar-refractivity contribution in [3.05, 3.63) is 23.6 Å². The highest BCUT2D eigenvalue weighted by atomic mass is 32.2. The molecule has 1 heterocycles. The van der Waals surface area contributed by atoms with Crippen molar-refractivity contribution in [2.24, 2.45) is 0 Å². The van der Waals surface area contributed by atoms with Crippen molar-refractivity contribution in [3.63, 3.8) is 0 Å². The summed E-state index contributed by atoms with van der Waals surface area (Å²) < 4.78 is -0.522. The van der Waals surface area contributed by atoms with Crippen LogP contribution in [-0.2, 0) is 4.79 Å². The van der Waals surface area contributed by atoms with Gasteiger partial charge in [0.05, 0.1) is 0 Å². The molecular formula is C10H10OS. The van der Waals surface area contributed by atoms with Gasteiger partial charge in [-0.05, 0) is 6.92 Å². The number of terminal acetylenes is 1. The molecule has 1 aliphatic rings. The van der Waals surface area contributed by atoms with Gasteiger partial charge in [0.15, 0.2) is 5.78 Å². The Morgan fingerprint density at radius 1 is 1.92 bits per heavy atom. The Kier molecular flexibility index (Phi) is 2.44. The Bertz CT molecular complexity index is 295. The number of thioether (sulfide) groups is 1. The lowest BCUT2D eigenvalue weighted by Crippen LogP contribution is -2.28. The number of allylic oxidation sites excluding steroid dienone is 1. The van der Waals surface area contributed by atoms with Gasteiger partial charge in [-0.15, -0.1) is 24.1 Å². The van der Waals surface area contributed by atoms with Gasteiger partial charge in [0.2, 0.25) is 0 Å². The van der Waals surface area contributed by atoms with E-state index < -0.39 is 4.75 Å². The molecule has 0 bridgehead atoms. The van der Waals surface area contributed by atoms with Gasteiger partial charge in [-0.25, -0.2) is 0 Å². The van der Waals surface area contributed by atoms with E-state index in [2.05, 4.69) is 12.5 Å². The molecule has 2 heteroatoms. The fourth-order valence-electron chi connectivity index (χ4n) is 1.09. The molecule has 0 aromatic rings. The first-order chi connectivity index (χ1) is 5.60. The molecule has 0 N–H and O–H groups in total. The van der Waals surface area contributed by atoms with E-state index >= 15 is 0 Å². The maximum absolute atomic E-state index is 11.3. The average molecular weight is 178 g/mol. The number of ketones is 1. The van der Waals surface area contributed by atoms with E-state index in [0.29, 0.717) is 6.42 Å². The van der Waals surface area contributed by atoms with E-state index in [9.17, 15) is 4.79 Å². The zero-order chi connectivity index (χ0) is 9.19. The number of hydrogen-bond donors (Lipinski definition) is 0. The van der Waals surface area contributed by atoms with Crippen LogP contribution in [0.5, 0.6) is 0 Å². The standard InChI is InChI=1S/C10H10OS/c1-4-6-10(9(3)11)7-5-8(2)12-10/h1,5,7H,2,6H2,3H3. The van der Waals surface area contributed by atoms with Crippen molar-refractivity contribution < 1.29 is 4.79 Å². The van der Waals surface area contributed by atoms with Crippen LogP contribution < -0.4 is 0 Å². The Morgan fingerprint density at radius 3 is 2.92 bits per heavy atom. The Labute approximate surface area is 76.9 Å². The molecule has 0 saturated carbocycles. The Hall–Kier alpha value is -0.940. The summed E-state index contributed by atoms with van der Waals surface area (Å²) in [5.74, 6) is 2.62. The van der Waals surface area contributed by atoms with E-state index in [4.69, 9.17) is 6.42 Å². The number of rotatable bonds is 2. The lowest BCUT2D eigenvalue weighted by Gasteiger charge is -2.19. The maximum atomic E-state index is 11.3. The summed E-state index contributed by atoms with van der Waals surface area (Å²) in [6, 6.07) is 0. The second kappa shape index (κ2) is 3.20. The molecule has 0 aromatic carbocycles. The summed E-state index contributed by atoms with van der Waals surface area (Å²) in [6.07, 6.45) is 9.34. The third kappa shape index (κ3) is 1.46. The molecule has 1 rings (SSSR count). The lowest BCUT2D eigenvalue weighted by atomic mass is 10.0. The number of hydrogen-bond acceptors (Lipinski definition) is 2. The summed E-state index contributed by atoms with van der Waals surface area (Å²) in [5, 5.41) is 0. The molecule has 0 spiro atoms. The smallest absolute Gasteiger partial charge is 0.151 e. The summed E-state index contributed by atoms with van der Waals surface area (Å²) in [6.45, 7) is 5.33. The van der Waals surface area contributed by atoms with Crippen LogP contribution in [0.25, 0.3) is 0 Å². The minimum Gasteiger partial charge on any atom is -0.298 e. The van der Waals surface area contributed by atoms with Crippen molar-refractivity contribution in [3.8, 4) is 12.3 Å². The molecule has 0 saturated heterocycles. The molecule has 62 valence electrons. The molecule has 1 aliphatic heterocycles. The molecule has 0 aromatic heterocycles. The van der Waals surface area contributed by atoms with E-state index in [1.54, 1.807) is 6.92 Å². The van der Waals surface area contributed by atoms with Crippen LogP contribution in [0.2, 0.25) is 0 Å². The lowest BCUT2D eigenvalue weighted by molar-refractivity contribution is -0.118. The maximum Gasteiger partial charge on any atom is 0.151 e. The van der Waals surface area contributed by atoms with Gasteiger partial charge in [-0.1, -0.05) is 18.7 Å².